The van der Waals surface area contributed by atoms with E-state index in [1.165, 1.54) is 36.9 Å². The highest BCUT2D eigenvalue weighted by Crippen LogP contribution is 2.66. The molecule has 0 spiro atoms. The Morgan fingerprint density at radius 2 is 0.643 bits per heavy atom. The molecule has 0 heterocycles. The van der Waals surface area contributed by atoms with Gasteiger partial charge in [0.05, 0.1) is 0 Å². The van der Waals surface area contributed by atoms with Crippen LogP contribution in [0.15, 0.2) is 182 Å². The summed E-state index contributed by atoms with van der Waals surface area (Å²) in [7, 11) is -2.59. The van der Waals surface area contributed by atoms with E-state index in [1.54, 1.807) is 0 Å². The smallest absolute Gasteiger partial charge is 0.128 e. The average molecular weight is 614 g/mol. The lowest BCUT2D eigenvalue weighted by Crippen LogP contribution is -2.43. The number of thiocarbonyl (C=S) groups is 1. The summed E-state index contributed by atoms with van der Waals surface area (Å²) >= 11 is 11.6. The third kappa shape index (κ3) is 4.94. The van der Waals surface area contributed by atoms with Gasteiger partial charge in [-0.3, -0.25) is 0 Å². The van der Waals surface area contributed by atoms with Crippen LogP contribution in [-0.4, -0.2) is 9.23 Å². The summed E-state index contributed by atoms with van der Waals surface area (Å²) in [4.78, 5) is 0. The molecule has 42 heavy (non-hydrogen) atoms. The summed E-state index contributed by atoms with van der Waals surface area (Å²) in [5.74, 6) is 0. The lowest BCUT2D eigenvalue weighted by Gasteiger charge is -2.38. The number of benzene rings is 6. The minimum Gasteiger partial charge on any atom is -0.128 e. The number of thiol groups is 1. The Hall–Kier alpha value is -3.51. The van der Waals surface area contributed by atoms with Gasteiger partial charge in [0.15, 0.2) is 0 Å². The Kier molecular flexibility index (Phi) is 8.71. The third-order valence-corrected chi connectivity index (χ3v) is 18.7. The van der Waals surface area contributed by atoms with E-state index < -0.39 is 14.1 Å². The van der Waals surface area contributed by atoms with Crippen molar-refractivity contribution in [3.05, 3.63) is 182 Å². The van der Waals surface area contributed by atoms with Crippen LogP contribution in [0.3, 0.4) is 0 Å². The predicted octanol–water partition coefficient (Wildman–Crippen LogP) is 7.36. The number of hydrogen-bond donors (Lipinski definition) is 1. The highest BCUT2D eigenvalue weighted by molar-refractivity contribution is 8.30. The monoisotopic (exact) mass is 613 g/mol. The van der Waals surface area contributed by atoms with E-state index in [9.17, 15) is 0 Å². The van der Waals surface area contributed by atoms with E-state index in [0.29, 0.717) is 4.20 Å². The summed E-state index contributed by atoms with van der Waals surface area (Å²) in [6.45, 7) is -2.59. The van der Waals surface area contributed by atoms with Crippen molar-refractivity contribution in [2.45, 2.75) is 0 Å². The molecule has 0 radical (unpaired) electrons. The van der Waals surface area contributed by atoms with Crippen LogP contribution in [0.5, 0.6) is 0 Å². The van der Waals surface area contributed by atoms with Gasteiger partial charge in [0.25, 0.3) is 0 Å². The van der Waals surface area contributed by atoms with Crippen molar-refractivity contribution in [2.75, 3.05) is 0 Å². The Balaban J connectivity index is 2.01. The number of hydrogen-bond acceptors (Lipinski definition) is 1. The second kappa shape index (κ2) is 12.8. The van der Waals surface area contributed by atoms with Crippen molar-refractivity contribution in [2.24, 2.45) is 0 Å². The highest BCUT2D eigenvalue weighted by atomic mass is 32.1. The molecule has 6 aromatic carbocycles. The van der Waals surface area contributed by atoms with Gasteiger partial charge in [0.1, 0.15) is 32.4 Å². The van der Waals surface area contributed by atoms with Gasteiger partial charge in [-0.25, -0.2) is 0 Å². The predicted molar refractivity (Wildman–Crippen MR) is 197 cm³/mol. The lowest BCUT2D eigenvalue weighted by atomic mass is 10.4. The van der Waals surface area contributed by atoms with E-state index in [1.807, 2.05) is 0 Å². The first-order valence-electron chi connectivity index (χ1n) is 13.9. The van der Waals surface area contributed by atoms with Crippen LogP contribution in [0.4, 0.5) is 0 Å². The summed E-state index contributed by atoms with van der Waals surface area (Å²) < 4.78 is 0.657. The molecule has 4 heteroatoms. The van der Waals surface area contributed by atoms with Crippen molar-refractivity contribution in [3.8, 4) is 0 Å². The van der Waals surface area contributed by atoms with Crippen molar-refractivity contribution in [1.82, 2.24) is 0 Å². The molecule has 0 nitrogen and oxygen atoms in total. The average Bonchev–Trinajstić information content (AvgIpc) is 3.07. The fraction of sp³-hybridized carbons (Fsp3) is 0. The van der Waals surface area contributed by atoms with Crippen LogP contribution in [-0.2, 0) is 0 Å². The third-order valence-electron chi connectivity index (χ3n) is 7.69. The molecule has 0 aliphatic rings. The molecule has 204 valence electrons. The molecule has 0 fully saturated rings. The molecule has 0 amide bonds. The van der Waals surface area contributed by atoms with Crippen LogP contribution in [0, 0.1) is 0 Å². The van der Waals surface area contributed by atoms with Gasteiger partial charge >= 0.3 is 0 Å². The fourth-order valence-corrected chi connectivity index (χ4v) is 19.2. The second-order valence-corrected chi connectivity index (χ2v) is 18.2. The molecule has 0 N–H and O–H groups in total. The lowest BCUT2D eigenvalue weighted by molar-refractivity contribution is 1.73. The Morgan fingerprint density at radius 3 is 0.881 bits per heavy atom. The van der Waals surface area contributed by atoms with E-state index >= 15 is 0 Å². The Labute approximate surface area is 260 Å². The SMILES string of the molecule is S=C(S)C(=P(c1ccccc1)(c1ccccc1)c1ccccc1)[P+](c1ccccc1)(c1ccccc1)c1ccccc1. The fourth-order valence-electron chi connectivity index (χ4n) is 6.05. The summed E-state index contributed by atoms with van der Waals surface area (Å²) in [5.41, 5.74) is 0. The molecule has 6 aromatic rings. The van der Waals surface area contributed by atoms with Crippen LogP contribution >= 0.6 is 39.0 Å². The van der Waals surface area contributed by atoms with Gasteiger partial charge in [-0.15, -0.1) is 12.6 Å². The summed E-state index contributed by atoms with van der Waals surface area (Å²) in [6.07, 6.45) is 0. The first kappa shape index (κ1) is 28.6. The zero-order chi connectivity index (χ0) is 28.8. The second-order valence-electron chi connectivity index (χ2n) is 9.98. The van der Waals surface area contributed by atoms with Crippen molar-refractivity contribution in [3.63, 3.8) is 0 Å². The Morgan fingerprint density at radius 1 is 0.405 bits per heavy atom. The molecule has 0 saturated carbocycles. The summed E-state index contributed by atoms with van der Waals surface area (Å²) in [5, 5.41) is 8.83. The molecular weight excluding hydrogens is 583 g/mol. The first-order valence-corrected chi connectivity index (χ1v) is 18.4. The first-order chi connectivity index (χ1) is 20.7. The van der Waals surface area contributed by atoms with Crippen LogP contribution in [0.25, 0.3) is 0 Å². The Bertz CT molecular complexity index is 1620. The van der Waals surface area contributed by atoms with E-state index in [2.05, 4.69) is 182 Å². The maximum Gasteiger partial charge on any atom is 0.147 e. The summed E-state index contributed by atoms with van der Waals surface area (Å²) in [6, 6.07) is 65.9. The molecule has 6 rings (SSSR count). The molecule has 0 aliphatic carbocycles. The molecule has 0 aromatic heterocycles. The zero-order valence-corrected chi connectivity index (χ0v) is 26.6. The molecular formula is C38H31P2S2+. The van der Waals surface area contributed by atoms with Crippen molar-refractivity contribution < 1.29 is 0 Å². The largest absolute Gasteiger partial charge is 0.147 e. The van der Waals surface area contributed by atoms with Gasteiger partial charge in [-0.05, 0) is 52.3 Å². The normalized spacial score (nSPS) is 11.5. The minimum atomic E-state index is -2.59. The van der Waals surface area contributed by atoms with Crippen LogP contribution < -0.4 is 31.8 Å². The van der Waals surface area contributed by atoms with Crippen LogP contribution in [0.1, 0.15) is 0 Å². The quantitative estimate of drug-likeness (QED) is 0.106. The van der Waals surface area contributed by atoms with Gasteiger partial charge in [-0.1, -0.05) is 158 Å². The molecule has 0 aliphatic heterocycles. The molecule has 0 atom stereocenters. The van der Waals surface area contributed by atoms with Crippen molar-refractivity contribution >= 4 is 80.1 Å². The number of rotatable bonds is 8. The molecule has 0 bridgehead atoms. The maximum atomic E-state index is 6.40. The van der Waals surface area contributed by atoms with Crippen LogP contribution in [0.2, 0.25) is 0 Å². The highest BCUT2D eigenvalue weighted by Gasteiger charge is 2.55. The maximum absolute atomic E-state index is 6.40. The van der Waals surface area contributed by atoms with Gasteiger partial charge in [-0.2, -0.15) is 0 Å². The van der Waals surface area contributed by atoms with E-state index in [-0.39, 0.29) is 0 Å². The van der Waals surface area contributed by atoms with Gasteiger partial charge < -0.3 is 0 Å². The topological polar surface area (TPSA) is 0 Å². The molecule has 0 saturated heterocycles. The molecule has 0 unspecified atom stereocenters. The standard InChI is InChI=1S/C38H30P2S2/c41-38(42)37(39(31-19-7-1-8-20-31,32-21-9-2-10-22-32)33-23-11-3-12-24-33)40(34-25-13-4-14-26-34,35-27-15-5-16-28-35)36-29-17-6-18-30-36/h1-30H/p+1. The van der Waals surface area contributed by atoms with Crippen molar-refractivity contribution in [1.29, 1.82) is 0 Å². The van der Waals surface area contributed by atoms with Gasteiger partial charge in [0.2, 0.25) is 0 Å². The van der Waals surface area contributed by atoms with E-state index in [4.69, 9.17) is 24.8 Å². The van der Waals surface area contributed by atoms with E-state index in [0.717, 1.165) is 0 Å². The zero-order valence-electron chi connectivity index (χ0n) is 23.1. The minimum absolute atomic E-state index is 0.657. The van der Waals surface area contributed by atoms with Gasteiger partial charge in [0, 0.05) is 6.89 Å².